The van der Waals surface area contributed by atoms with Crippen LogP contribution in [0.4, 0.5) is 5.69 Å². The normalized spacial score (nSPS) is 25.1. The molecule has 0 radical (unpaired) electrons. The zero-order valence-electron chi connectivity index (χ0n) is 10.2. The van der Waals surface area contributed by atoms with E-state index in [1.807, 2.05) is 0 Å². The number of benzene rings is 1. The average molecular weight is 281 g/mol. The highest BCUT2D eigenvalue weighted by Crippen LogP contribution is 2.30. The molecule has 100 valence electrons. The zero-order chi connectivity index (χ0) is 13.9. The van der Waals surface area contributed by atoms with Crippen molar-refractivity contribution in [3.63, 3.8) is 0 Å². The third-order valence-electron chi connectivity index (χ3n) is 2.85. The molecular formula is C13H13ClN2O3. The SMILES string of the molecule is COc1cccc(NC2C=CC=CC2(Cl)[N+](=O)[O-])c1. The Morgan fingerprint density at radius 2 is 2.26 bits per heavy atom. The van der Waals surface area contributed by atoms with Crippen molar-refractivity contribution in [2.75, 3.05) is 12.4 Å². The van der Waals surface area contributed by atoms with Crippen molar-refractivity contribution in [2.45, 2.75) is 11.0 Å². The van der Waals surface area contributed by atoms with Crippen LogP contribution in [0.5, 0.6) is 5.75 Å². The molecule has 1 aromatic carbocycles. The van der Waals surface area contributed by atoms with Crippen molar-refractivity contribution in [1.82, 2.24) is 0 Å². The van der Waals surface area contributed by atoms with E-state index in [1.54, 1.807) is 49.6 Å². The highest BCUT2D eigenvalue weighted by Gasteiger charge is 2.46. The molecule has 0 saturated carbocycles. The van der Waals surface area contributed by atoms with Crippen molar-refractivity contribution < 1.29 is 9.66 Å². The van der Waals surface area contributed by atoms with Gasteiger partial charge in [0, 0.05) is 22.8 Å². The average Bonchev–Trinajstić information content (AvgIpc) is 2.41. The largest absolute Gasteiger partial charge is 0.497 e. The van der Waals surface area contributed by atoms with Crippen LogP contribution in [0.15, 0.2) is 48.6 Å². The number of nitrogens with one attached hydrogen (secondary N) is 1. The van der Waals surface area contributed by atoms with Crippen LogP contribution in [0.25, 0.3) is 0 Å². The number of rotatable bonds is 4. The fraction of sp³-hybridized carbons (Fsp3) is 0.231. The minimum Gasteiger partial charge on any atom is -0.497 e. The minimum atomic E-state index is -1.68. The topological polar surface area (TPSA) is 64.4 Å². The lowest BCUT2D eigenvalue weighted by molar-refractivity contribution is -0.528. The maximum Gasteiger partial charge on any atom is 0.337 e. The number of anilines is 1. The second kappa shape index (κ2) is 5.32. The standard InChI is InChI=1S/C13H13ClN2O3/c1-19-11-6-4-5-10(9-11)15-12-7-2-3-8-13(12,14)16(17)18/h2-9,12,15H,1H3. The van der Waals surface area contributed by atoms with Crippen molar-refractivity contribution >= 4 is 17.3 Å². The molecule has 1 aliphatic rings. The Kier molecular flexibility index (Phi) is 3.76. The number of nitrogens with zero attached hydrogens (tertiary/aromatic N) is 1. The van der Waals surface area contributed by atoms with Crippen molar-refractivity contribution in [3.8, 4) is 5.75 Å². The van der Waals surface area contributed by atoms with Crippen molar-refractivity contribution in [1.29, 1.82) is 0 Å². The summed E-state index contributed by atoms with van der Waals surface area (Å²) in [6.07, 6.45) is 6.32. The van der Waals surface area contributed by atoms with Crippen molar-refractivity contribution in [3.05, 3.63) is 58.7 Å². The third-order valence-corrected chi connectivity index (χ3v) is 3.35. The summed E-state index contributed by atoms with van der Waals surface area (Å²) in [4.78, 5) is 8.93. The summed E-state index contributed by atoms with van der Waals surface area (Å²) in [6.45, 7) is 0. The molecule has 6 heteroatoms. The van der Waals surface area contributed by atoms with Gasteiger partial charge in [-0.05, 0) is 23.7 Å². The summed E-state index contributed by atoms with van der Waals surface area (Å²) in [5.41, 5.74) is 0.705. The van der Waals surface area contributed by atoms with E-state index in [1.165, 1.54) is 6.08 Å². The van der Waals surface area contributed by atoms with Gasteiger partial charge >= 0.3 is 5.00 Å². The van der Waals surface area contributed by atoms with E-state index < -0.39 is 16.0 Å². The molecule has 0 fully saturated rings. The highest BCUT2D eigenvalue weighted by atomic mass is 35.5. The van der Waals surface area contributed by atoms with Gasteiger partial charge < -0.3 is 10.1 Å². The van der Waals surface area contributed by atoms with E-state index >= 15 is 0 Å². The maximum atomic E-state index is 11.1. The smallest absolute Gasteiger partial charge is 0.337 e. The molecule has 0 spiro atoms. The van der Waals surface area contributed by atoms with Gasteiger partial charge in [0.2, 0.25) is 0 Å². The molecule has 2 unspecified atom stereocenters. The first-order chi connectivity index (χ1) is 9.06. The molecule has 0 saturated heterocycles. The van der Waals surface area contributed by atoms with Gasteiger partial charge in [0.05, 0.1) is 7.11 Å². The number of methoxy groups -OCH3 is 1. The predicted molar refractivity (Wildman–Crippen MR) is 74.3 cm³/mol. The van der Waals surface area contributed by atoms with Crippen LogP contribution < -0.4 is 10.1 Å². The summed E-state index contributed by atoms with van der Waals surface area (Å²) >= 11 is 6.07. The van der Waals surface area contributed by atoms with E-state index in [2.05, 4.69) is 5.32 Å². The lowest BCUT2D eigenvalue weighted by atomic mass is 10.0. The van der Waals surface area contributed by atoms with Crippen LogP contribution in [0.2, 0.25) is 0 Å². The monoisotopic (exact) mass is 280 g/mol. The van der Waals surface area contributed by atoms with Gasteiger partial charge in [0.25, 0.3) is 0 Å². The number of alkyl halides is 1. The second-order valence-electron chi connectivity index (χ2n) is 4.08. The summed E-state index contributed by atoms with van der Waals surface area (Å²) in [7, 11) is 1.56. The maximum absolute atomic E-state index is 11.1. The Morgan fingerprint density at radius 1 is 1.47 bits per heavy atom. The van der Waals surface area contributed by atoms with Gasteiger partial charge in [-0.2, -0.15) is 0 Å². The van der Waals surface area contributed by atoms with E-state index in [-0.39, 0.29) is 0 Å². The van der Waals surface area contributed by atoms with E-state index in [9.17, 15) is 10.1 Å². The number of hydrogen-bond acceptors (Lipinski definition) is 4. The molecule has 1 N–H and O–H groups in total. The number of hydrogen-bond donors (Lipinski definition) is 1. The van der Waals surface area contributed by atoms with Crippen LogP contribution in [0, 0.1) is 10.1 Å². The molecule has 1 aliphatic carbocycles. The molecule has 0 aliphatic heterocycles. The first kappa shape index (κ1) is 13.4. The number of halogens is 1. The van der Waals surface area contributed by atoms with Crippen LogP contribution in [-0.4, -0.2) is 23.1 Å². The van der Waals surface area contributed by atoms with Crippen LogP contribution in [0.1, 0.15) is 0 Å². The minimum absolute atomic E-state index is 0.508. The fourth-order valence-corrected chi connectivity index (χ4v) is 2.02. The summed E-state index contributed by atoms with van der Waals surface area (Å²) in [5, 5.41) is 14.2. The summed E-state index contributed by atoms with van der Waals surface area (Å²) in [6, 6.07) is 6.51. The molecule has 2 rings (SSSR count). The highest BCUT2D eigenvalue weighted by molar-refractivity contribution is 6.25. The predicted octanol–water partition coefficient (Wildman–Crippen LogP) is 2.81. The Hall–Kier alpha value is -2.01. The molecule has 5 nitrogen and oxygen atoms in total. The molecule has 0 aromatic heterocycles. The van der Waals surface area contributed by atoms with Crippen molar-refractivity contribution in [2.24, 2.45) is 0 Å². The van der Waals surface area contributed by atoms with Gasteiger partial charge in [-0.15, -0.1) is 0 Å². The van der Waals surface area contributed by atoms with Crippen LogP contribution in [0.3, 0.4) is 0 Å². The van der Waals surface area contributed by atoms with E-state index in [0.29, 0.717) is 11.4 Å². The van der Waals surface area contributed by atoms with Gasteiger partial charge in [-0.25, -0.2) is 0 Å². The summed E-state index contributed by atoms with van der Waals surface area (Å²) in [5.74, 6) is 0.668. The Morgan fingerprint density at radius 3 is 2.95 bits per heavy atom. The third kappa shape index (κ3) is 2.71. The molecule has 2 atom stereocenters. The van der Waals surface area contributed by atoms with E-state index in [4.69, 9.17) is 16.3 Å². The first-order valence-corrected chi connectivity index (χ1v) is 6.04. The van der Waals surface area contributed by atoms with Gasteiger partial charge in [-0.3, -0.25) is 10.1 Å². The van der Waals surface area contributed by atoms with E-state index in [0.717, 1.165) is 0 Å². The molecule has 0 amide bonds. The Labute approximate surface area is 115 Å². The van der Waals surface area contributed by atoms with Crippen LogP contribution in [-0.2, 0) is 0 Å². The molecular weight excluding hydrogens is 268 g/mol. The molecule has 0 bridgehead atoms. The quantitative estimate of drug-likeness (QED) is 0.399. The number of allylic oxidation sites excluding steroid dienone is 2. The second-order valence-corrected chi connectivity index (χ2v) is 4.69. The zero-order valence-corrected chi connectivity index (χ0v) is 11.0. The fourth-order valence-electron chi connectivity index (χ4n) is 1.82. The van der Waals surface area contributed by atoms with Gasteiger partial charge in [-0.1, -0.05) is 24.3 Å². The lowest BCUT2D eigenvalue weighted by Gasteiger charge is -2.26. The Balaban J connectivity index is 2.23. The number of ether oxygens (including phenoxy) is 1. The number of nitro groups is 1. The van der Waals surface area contributed by atoms with Crippen LogP contribution >= 0.6 is 11.6 Å². The molecule has 19 heavy (non-hydrogen) atoms. The molecule has 0 heterocycles. The van der Waals surface area contributed by atoms with Gasteiger partial charge in [0.15, 0.2) is 0 Å². The summed E-state index contributed by atoms with van der Waals surface area (Å²) < 4.78 is 5.10. The Bertz CT molecular complexity index is 544. The first-order valence-electron chi connectivity index (χ1n) is 5.66. The lowest BCUT2D eigenvalue weighted by Crippen LogP contribution is -2.46. The molecule has 1 aromatic rings. The van der Waals surface area contributed by atoms with Gasteiger partial charge in [0.1, 0.15) is 11.8 Å².